The van der Waals surface area contributed by atoms with Crippen LogP contribution in [0.3, 0.4) is 0 Å². The minimum absolute atomic E-state index is 0.567. The monoisotopic (exact) mass is 274 g/mol. The first kappa shape index (κ1) is 10.3. The maximum Gasteiger partial charge on any atom is 0.159 e. The van der Waals surface area contributed by atoms with Gasteiger partial charge >= 0.3 is 0 Å². The molecule has 1 aliphatic heterocycles. The fraction of sp³-hybridized carbons (Fsp3) is 0.400. The van der Waals surface area contributed by atoms with Crippen molar-refractivity contribution in [3.8, 4) is 5.75 Å². The predicted molar refractivity (Wildman–Crippen MR) is 62.7 cm³/mol. The molecule has 2 nitrogen and oxygen atoms in total. The minimum Gasteiger partial charge on any atom is -0.496 e. The van der Waals surface area contributed by atoms with E-state index in [1.165, 1.54) is 17.9 Å². The second-order valence-electron chi connectivity index (χ2n) is 3.21. The third-order valence-electron chi connectivity index (χ3n) is 2.30. The van der Waals surface area contributed by atoms with E-state index in [1.54, 1.807) is 7.11 Å². The van der Waals surface area contributed by atoms with Crippen LogP contribution >= 0.6 is 27.7 Å². The zero-order chi connectivity index (χ0) is 9.97. The number of hydrogen-bond acceptors (Lipinski definition) is 2. The van der Waals surface area contributed by atoms with Gasteiger partial charge in [0.15, 0.2) is 5.37 Å². The van der Waals surface area contributed by atoms with Gasteiger partial charge < -0.3 is 10.1 Å². The van der Waals surface area contributed by atoms with E-state index in [0.29, 0.717) is 5.37 Å². The van der Waals surface area contributed by atoms with E-state index in [4.69, 9.17) is 4.74 Å². The van der Waals surface area contributed by atoms with Crippen molar-refractivity contribution in [3.05, 3.63) is 28.2 Å². The molecule has 2 rings (SSSR count). The Morgan fingerprint density at radius 2 is 2.43 bits per heavy atom. The highest BCUT2D eigenvalue weighted by atomic mass is 79.9. The Labute approximate surface area is 96.5 Å². The fourth-order valence-corrected chi connectivity index (χ4v) is 3.27. The second-order valence-corrected chi connectivity index (χ2v) is 5.31. The lowest BCUT2D eigenvalue weighted by atomic mass is 10.2. The van der Waals surface area contributed by atoms with E-state index in [2.05, 4.69) is 33.4 Å². The molecule has 1 heterocycles. The number of hydrogen-bond donors (Lipinski definition) is 1. The van der Waals surface area contributed by atoms with Crippen molar-refractivity contribution in [2.75, 3.05) is 19.4 Å². The smallest absolute Gasteiger partial charge is 0.159 e. The molecule has 4 heteroatoms. The SMILES string of the molecule is COc1ccc([C@H]2[NH2+]CCS2)cc1Br. The Balaban J connectivity index is 2.23. The highest BCUT2D eigenvalue weighted by Crippen LogP contribution is 2.31. The summed E-state index contributed by atoms with van der Waals surface area (Å²) in [6.07, 6.45) is 0. The van der Waals surface area contributed by atoms with Gasteiger partial charge in [0, 0.05) is 11.3 Å². The van der Waals surface area contributed by atoms with Crippen molar-refractivity contribution in [2.24, 2.45) is 0 Å². The van der Waals surface area contributed by atoms with Crippen LogP contribution in [0, 0.1) is 0 Å². The summed E-state index contributed by atoms with van der Waals surface area (Å²) in [5.74, 6) is 2.14. The molecule has 0 unspecified atom stereocenters. The standard InChI is InChI=1S/C10H12BrNOS/c1-13-9-3-2-7(6-8(9)11)10-12-4-5-14-10/h2-3,6,10,12H,4-5H2,1H3/p+1/t10-/m0/s1. The van der Waals surface area contributed by atoms with Gasteiger partial charge in [-0.05, 0) is 34.1 Å². The first-order chi connectivity index (χ1) is 6.81. The first-order valence-electron chi connectivity index (χ1n) is 4.59. The molecule has 0 aliphatic carbocycles. The van der Waals surface area contributed by atoms with Gasteiger partial charge in [0.2, 0.25) is 0 Å². The zero-order valence-corrected chi connectivity index (χ0v) is 10.4. The highest BCUT2D eigenvalue weighted by Gasteiger charge is 2.21. The van der Waals surface area contributed by atoms with E-state index in [0.717, 1.165) is 10.2 Å². The maximum absolute atomic E-state index is 5.20. The Morgan fingerprint density at radius 1 is 1.57 bits per heavy atom. The molecule has 0 saturated carbocycles. The molecular formula is C10H13BrNOS+. The highest BCUT2D eigenvalue weighted by molar-refractivity contribution is 9.10. The van der Waals surface area contributed by atoms with Crippen LogP contribution < -0.4 is 10.1 Å². The van der Waals surface area contributed by atoms with E-state index in [-0.39, 0.29) is 0 Å². The predicted octanol–water partition coefficient (Wildman–Crippen LogP) is 1.77. The quantitative estimate of drug-likeness (QED) is 0.890. The summed E-state index contributed by atoms with van der Waals surface area (Å²) < 4.78 is 6.24. The number of benzene rings is 1. The first-order valence-corrected chi connectivity index (χ1v) is 6.44. The number of quaternary nitrogens is 1. The normalized spacial score (nSPS) is 21.1. The van der Waals surface area contributed by atoms with Crippen LogP contribution in [0.4, 0.5) is 0 Å². The molecule has 0 aromatic heterocycles. The number of ether oxygens (including phenoxy) is 1. The van der Waals surface area contributed by atoms with Crippen molar-refractivity contribution in [1.82, 2.24) is 0 Å². The summed E-state index contributed by atoms with van der Waals surface area (Å²) in [6, 6.07) is 6.31. The topological polar surface area (TPSA) is 25.8 Å². The van der Waals surface area contributed by atoms with Crippen LogP contribution in [0.2, 0.25) is 0 Å². The molecule has 2 N–H and O–H groups in total. The molecule has 0 bridgehead atoms. The molecule has 0 radical (unpaired) electrons. The van der Waals surface area contributed by atoms with E-state index >= 15 is 0 Å². The average molecular weight is 275 g/mol. The van der Waals surface area contributed by atoms with Crippen molar-refractivity contribution >= 4 is 27.7 Å². The Bertz CT molecular complexity index is 326. The van der Waals surface area contributed by atoms with Crippen LogP contribution in [-0.2, 0) is 0 Å². The summed E-state index contributed by atoms with van der Waals surface area (Å²) >= 11 is 5.51. The molecular weight excluding hydrogens is 262 g/mol. The molecule has 1 fully saturated rings. The number of thioether (sulfide) groups is 1. The lowest BCUT2D eigenvalue weighted by molar-refractivity contribution is -0.663. The van der Waals surface area contributed by atoms with Gasteiger partial charge in [-0.25, -0.2) is 0 Å². The largest absolute Gasteiger partial charge is 0.496 e. The number of nitrogens with two attached hydrogens (primary N) is 1. The van der Waals surface area contributed by atoms with Crippen LogP contribution in [0.25, 0.3) is 0 Å². The molecule has 14 heavy (non-hydrogen) atoms. The van der Waals surface area contributed by atoms with E-state index in [9.17, 15) is 0 Å². The lowest BCUT2D eigenvalue weighted by Crippen LogP contribution is -2.81. The van der Waals surface area contributed by atoms with Gasteiger partial charge in [0.05, 0.1) is 18.1 Å². The molecule has 1 aromatic carbocycles. The summed E-state index contributed by atoms with van der Waals surface area (Å²) in [5.41, 5.74) is 1.36. The molecule has 1 aliphatic rings. The average Bonchev–Trinajstić information content (AvgIpc) is 2.70. The van der Waals surface area contributed by atoms with Crippen molar-refractivity contribution in [2.45, 2.75) is 5.37 Å². The molecule has 1 aromatic rings. The van der Waals surface area contributed by atoms with Gasteiger partial charge in [-0.15, -0.1) is 0 Å². The summed E-state index contributed by atoms with van der Waals surface area (Å²) in [4.78, 5) is 0. The molecule has 1 saturated heterocycles. The molecule has 0 spiro atoms. The third kappa shape index (κ3) is 2.07. The number of halogens is 1. The number of rotatable bonds is 2. The maximum atomic E-state index is 5.20. The van der Waals surface area contributed by atoms with Crippen LogP contribution in [0.1, 0.15) is 10.9 Å². The molecule has 76 valence electrons. The zero-order valence-electron chi connectivity index (χ0n) is 8.00. The Hall–Kier alpha value is -0.190. The molecule has 0 amide bonds. The van der Waals surface area contributed by atoms with Crippen LogP contribution in [0.5, 0.6) is 5.75 Å². The van der Waals surface area contributed by atoms with Gasteiger partial charge in [-0.2, -0.15) is 0 Å². The van der Waals surface area contributed by atoms with Gasteiger partial charge in [-0.1, -0.05) is 11.8 Å². The second kappa shape index (κ2) is 4.55. The van der Waals surface area contributed by atoms with Crippen molar-refractivity contribution < 1.29 is 10.1 Å². The lowest BCUT2D eigenvalue weighted by Gasteiger charge is -2.09. The summed E-state index contributed by atoms with van der Waals surface area (Å²) in [7, 11) is 1.69. The third-order valence-corrected chi connectivity index (χ3v) is 4.22. The fourth-order valence-electron chi connectivity index (χ4n) is 1.57. The summed E-state index contributed by atoms with van der Waals surface area (Å²) in [6.45, 7) is 1.22. The van der Waals surface area contributed by atoms with Crippen LogP contribution in [-0.4, -0.2) is 19.4 Å². The van der Waals surface area contributed by atoms with Crippen molar-refractivity contribution in [1.29, 1.82) is 0 Å². The van der Waals surface area contributed by atoms with Gasteiger partial charge in [0.25, 0.3) is 0 Å². The van der Waals surface area contributed by atoms with Gasteiger partial charge in [0.1, 0.15) is 5.75 Å². The minimum atomic E-state index is 0.567. The van der Waals surface area contributed by atoms with Crippen molar-refractivity contribution in [3.63, 3.8) is 0 Å². The number of methoxy groups -OCH3 is 1. The van der Waals surface area contributed by atoms with Crippen LogP contribution in [0.15, 0.2) is 22.7 Å². The molecule has 1 atom stereocenters. The van der Waals surface area contributed by atoms with E-state index in [1.807, 2.05) is 17.8 Å². The Kier molecular flexibility index (Phi) is 3.36. The van der Waals surface area contributed by atoms with E-state index < -0.39 is 0 Å². The van der Waals surface area contributed by atoms with Gasteiger partial charge in [-0.3, -0.25) is 0 Å². The summed E-state index contributed by atoms with van der Waals surface area (Å²) in [5, 5.41) is 2.94. The Morgan fingerprint density at radius 3 is 3.00 bits per heavy atom.